The summed E-state index contributed by atoms with van der Waals surface area (Å²) in [5.41, 5.74) is 0.247. The number of aromatic nitrogens is 3. The fourth-order valence-corrected chi connectivity index (χ4v) is 3.74. The highest BCUT2D eigenvalue weighted by atomic mass is 32.2. The zero-order valence-corrected chi connectivity index (χ0v) is 15.9. The van der Waals surface area contributed by atoms with Crippen molar-refractivity contribution in [3.63, 3.8) is 0 Å². The SMILES string of the molecule is CC(C)(C)CCNC(=O)CSc1nnc(N2CCCC2)n1C1CC1. The lowest BCUT2D eigenvalue weighted by atomic mass is 9.92. The molecule has 0 atom stereocenters. The maximum absolute atomic E-state index is 12.1. The van der Waals surface area contributed by atoms with Crippen LogP contribution in [0, 0.1) is 5.41 Å². The van der Waals surface area contributed by atoms with Crippen LogP contribution >= 0.6 is 11.8 Å². The Morgan fingerprint density at radius 2 is 1.96 bits per heavy atom. The van der Waals surface area contributed by atoms with Crippen LogP contribution in [0.2, 0.25) is 0 Å². The van der Waals surface area contributed by atoms with Gasteiger partial charge in [-0.1, -0.05) is 32.5 Å². The molecule has 7 heteroatoms. The van der Waals surface area contributed by atoms with Gasteiger partial charge in [0.15, 0.2) is 5.16 Å². The van der Waals surface area contributed by atoms with Crippen LogP contribution in [0.15, 0.2) is 5.16 Å². The van der Waals surface area contributed by atoms with Gasteiger partial charge in [0.25, 0.3) is 0 Å². The van der Waals surface area contributed by atoms with Crippen LogP contribution in [0.25, 0.3) is 0 Å². The molecular weight excluding hydrogens is 322 g/mol. The van der Waals surface area contributed by atoms with Gasteiger partial charge in [-0.05, 0) is 37.5 Å². The van der Waals surface area contributed by atoms with Crippen molar-refractivity contribution in [2.24, 2.45) is 5.41 Å². The molecule has 2 aliphatic rings. The molecule has 1 aromatic heterocycles. The monoisotopic (exact) mass is 351 g/mol. The van der Waals surface area contributed by atoms with E-state index in [-0.39, 0.29) is 11.3 Å². The van der Waals surface area contributed by atoms with Crippen LogP contribution in [-0.4, -0.2) is 46.1 Å². The van der Waals surface area contributed by atoms with Crippen molar-refractivity contribution >= 4 is 23.6 Å². The lowest BCUT2D eigenvalue weighted by Gasteiger charge is -2.18. The molecule has 3 rings (SSSR count). The van der Waals surface area contributed by atoms with Crippen LogP contribution in [0.5, 0.6) is 0 Å². The molecule has 2 fully saturated rings. The van der Waals surface area contributed by atoms with Crippen LogP contribution in [0.1, 0.15) is 58.9 Å². The number of carbonyl (C=O) groups excluding carboxylic acids is 1. The zero-order chi connectivity index (χ0) is 17.2. The number of anilines is 1. The fourth-order valence-electron chi connectivity index (χ4n) is 2.91. The van der Waals surface area contributed by atoms with E-state index in [9.17, 15) is 4.79 Å². The highest BCUT2D eigenvalue weighted by Crippen LogP contribution is 2.41. The van der Waals surface area contributed by atoms with E-state index in [0.717, 1.165) is 37.2 Å². The summed E-state index contributed by atoms with van der Waals surface area (Å²) >= 11 is 1.51. The van der Waals surface area contributed by atoms with Gasteiger partial charge in [-0.2, -0.15) is 0 Å². The number of hydrogen-bond acceptors (Lipinski definition) is 5. The molecule has 0 spiro atoms. The van der Waals surface area contributed by atoms with Crippen LogP contribution < -0.4 is 10.2 Å². The van der Waals surface area contributed by atoms with Gasteiger partial charge >= 0.3 is 0 Å². The van der Waals surface area contributed by atoms with Gasteiger partial charge in [0, 0.05) is 25.7 Å². The molecule has 0 aromatic carbocycles. The second-order valence-corrected chi connectivity index (χ2v) is 8.97. The van der Waals surface area contributed by atoms with E-state index in [1.54, 1.807) is 0 Å². The lowest BCUT2D eigenvalue weighted by Crippen LogP contribution is -2.28. The van der Waals surface area contributed by atoms with E-state index in [0.29, 0.717) is 11.8 Å². The summed E-state index contributed by atoms with van der Waals surface area (Å²) < 4.78 is 2.26. The van der Waals surface area contributed by atoms with Crippen LogP contribution in [0.4, 0.5) is 5.95 Å². The molecule has 1 amide bonds. The first-order valence-corrected chi connectivity index (χ1v) is 10.0. The number of hydrogen-bond donors (Lipinski definition) is 1. The Hall–Kier alpha value is -1.24. The normalized spacial score (nSPS) is 18.2. The molecule has 2 heterocycles. The van der Waals surface area contributed by atoms with E-state index in [1.165, 1.54) is 37.4 Å². The van der Waals surface area contributed by atoms with Crippen LogP contribution in [0.3, 0.4) is 0 Å². The van der Waals surface area contributed by atoms with E-state index in [4.69, 9.17) is 0 Å². The molecular formula is C17H29N5OS. The average Bonchev–Trinajstić information content (AvgIpc) is 3.04. The third-order valence-corrected chi connectivity index (χ3v) is 5.42. The minimum absolute atomic E-state index is 0.0809. The molecule has 0 radical (unpaired) electrons. The number of thioether (sulfide) groups is 1. The quantitative estimate of drug-likeness (QED) is 0.765. The zero-order valence-electron chi connectivity index (χ0n) is 15.0. The first kappa shape index (κ1) is 17.6. The maximum Gasteiger partial charge on any atom is 0.230 e. The number of amides is 1. The van der Waals surface area contributed by atoms with E-state index in [2.05, 4.69) is 45.8 Å². The summed E-state index contributed by atoms with van der Waals surface area (Å²) in [6.45, 7) is 9.44. The summed E-state index contributed by atoms with van der Waals surface area (Å²) in [6.07, 6.45) is 5.85. The minimum Gasteiger partial charge on any atom is -0.355 e. The molecule has 24 heavy (non-hydrogen) atoms. The molecule has 1 saturated heterocycles. The molecule has 1 aliphatic carbocycles. The average molecular weight is 352 g/mol. The molecule has 6 nitrogen and oxygen atoms in total. The van der Waals surface area contributed by atoms with Crippen molar-refractivity contribution in [2.45, 2.75) is 64.1 Å². The third-order valence-electron chi connectivity index (χ3n) is 4.48. The second-order valence-electron chi connectivity index (χ2n) is 8.03. The molecule has 134 valence electrons. The predicted molar refractivity (Wildman–Crippen MR) is 97.5 cm³/mol. The number of nitrogens with one attached hydrogen (secondary N) is 1. The Balaban J connectivity index is 1.54. The standard InChI is InChI=1S/C17H29N5OS/c1-17(2,3)8-9-18-14(23)12-24-16-20-19-15(21-10-4-5-11-21)22(16)13-6-7-13/h13H,4-12H2,1-3H3,(H,18,23). The van der Waals surface area contributed by atoms with Crippen LogP contribution in [-0.2, 0) is 4.79 Å². The Morgan fingerprint density at radius 1 is 1.25 bits per heavy atom. The fraction of sp³-hybridized carbons (Fsp3) is 0.824. The number of nitrogens with zero attached hydrogens (tertiary/aromatic N) is 4. The van der Waals surface area contributed by atoms with Crippen molar-refractivity contribution in [2.75, 3.05) is 30.3 Å². The summed E-state index contributed by atoms with van der Waals surface area (Å²) in [5.74, 6) is 1.50. The van der Waals surface area contributed by atoms with Gasteiger partial charge in [-0.15, -0.1) is 10.2 Å². The number of carbonyl (C=O) groups is 1. The van der Waals surface area contributed by atoms with Crippen molar-refractivity contribution in [1.29, 1.82) is 0 Å². The van der Waals surface area contributed by atoms with Gasteiger partial charge in [0.1, 0.15) is 0 Å². The van der Waals surface area contributed by atoms with Gasteiger partial charge in [0.2, 0.25) is 11.9 Å². The molecule has 1 aromatic rings. The summed E-state index contributed by atoms with van der Waals surface area (Å²) in [4.78, 5) is 14.4. The molecule has 0 unspecified atom stereocenters. The van der Waals surface area contributed by atoms with Gasteiger partial charge in [-0.25, -0.2) is 0 Å². The van der Waals surface area contributed by atoms with E-state index < -0.39 is 0 Å². The van der Waals surface area contributed by atoms with Gasteiger partial charge in [0.05, 0.1) is 5.75 Å². The van der Waals surface area contributed by atoms with Crippen molar-refractivity contribution in [3.05, 3.63) is 0 Å². The summed E-state index contributed by atoms with van der Waals surface area (Å²) in [7, 11) is 0. The first-order chi connectivity index (χ1) is 11.4. The van der Waals surface area contributed by atoms with Gasteiger partial charge < -0.3 is 10.2 Å². The van der Waals surface area contributed by atoms with Crippen molar-refractivity contribution in [3.8, 4) is 0 Å². The minimum atomic E-state index is 0.0809. The highest BCUT2D eigenvalue weighted by molar-refractivity contribution is 7.99. The molecule has 0 bridgehead atoms. The summed E-state index contributed by atoms with van der Waals surface area (Å²) in [5, 5.41) is 12.7. The van der Waals surface area contributed by atoms with E-state index in [1.807, 2.05) is 0 Å². The molecule has 1 N–H and O–H groups in total. The largest absolute Gasteiger partial charge is 0.355 e. The topological polar surface area (TPSA) is 63.1 Å². The van der Waals surface area contributed by atoms with Gasteiger partial charge in [-0.3, -0.25) is 9.36 Å². The highest BCUT2D eigenvalue weighted by Gasteiger charge is 2.32. The van der Waals surface area contributed by atoms with Crippen molar-refractivity contribution in [1.82, 2.24) is 20.1 Å². The smallest absolute Gasteiger partial charge is 0.230 e. The Morgan fingerprint density at radius 3 is 2.58 bits per heavy atom. The van der Waals surface area contributed by atoms with Crippen molar-refractivity contribution < 1.29 is 4.79 Å². The Bertz CT molecular complexity index is 570. The molecule has 1 saturated carbocycles. The Labute approximate surface area is 148 Å². The number of rotatable bonds is 7. The third kappa shape index (κ3) is 4.65. The summed E-state index contributed by atoms with van der Waals surface area (Å²) in [6, 6.07) is 0.530. The Kier molecular flexibility index (Phi) is 5.37. The lowest BCUT2D eigenvalue weighted by molar-refractivity contribution is -0.118. The maximum atomic E-state index is 12.1. The van der Waals surface area contributed by atoms with E-state index >= 15 is 0 Å². The second kappa shape index (κ2) is 7.33. The molecule has 1 aliphatic heterocycles. The first-order valence-electron chi connectivity index (χ1n) is 9.03. The predicted octanol–water partition coefficient (Wildman–Crippen LogP) is 2.86.